The molecule has 104 valence electrons. The molecule has 1 heterocycles. The highest BCUT2D eigenvalue weighted by atomic mass is 32.1. The molecular formula is C12H23N3O2S. The van der Waals surface area contributed by atoms with E-state index >= 15 is 0 Å². The summed E-state index contributed by atoms with van der Waals surface area (Å²) in [5, 5.41) is 0. The molecule has 1 saturated heterocycles. The third-order valence-corrected chi connectivity index (χ3v) is 3.31. The van der Waals surface area contributed by atoms with E-state index in [2.05, 4.69) is 0 Å². The van der Waals surface area contributed by atoms with Crippen molar-refractivity contribution in [1.82, 2.24) is 9.80 Å². The number of morpholine rings is 1. The minimum atomic E-state index is -0.204. The normalized spacial score (nSPS) is 18.2. The van der Waals surface area contributed by atoms with Crippen LogP contribution in [0.3, 0.4) is 0 Å². The lowest BCUT2D eigenvalue weighted by molar-refractivity contribution is -0.140. The van der Waals surface area contributed by atoms with Gasteiger partial charge in [-0.3, -0.25) is 9.69 Å². The van der Waals surface area contributed by atoms with Crippen molar-refractivity contribution in [2.45, 2.75) is 32.9 Å². The Morgan fingerprint density at radius 3 is 2.39 bits per heavy atom. The van der Waals surface area contributed by atoms with Gasteiger partial charge in [-0.25, -0.2) is 0 Å². The summed E-state index contributed by atoms with van der Waals surface area (Å²) in [7, 11) is 0. The van der Waals surface area contributed by atoms with E-state index < -0.39 is 0 Å². The molecule has 1 aliphatic rings. The molecule has 1 aliphatic heterocycles. The van der Waals surface area contributed by atoms with Gasteiger partial charge in [-0.15, -0.1) is 0 Å². The summed E-state index contributed by atoms with van der Waals surface area (Å²) < 4.78 is 5.25. The molecule has 1 amide bonds. The number of carbonyl (C=O) groups excluding carboxylic acids is 1. The van der Waals surface area contributed by atoms with Crippen molar-refractivity contribution in [3.8, 4) is 0 Å². The number of nitrogens with zero attached hydrogens (tertiary/aromatic N) is 2. The van der Waals surface area contributed by atoms with Crippen LogP contribution in [0.5, 0.6) is 0 Å². The van der Waals surface area contributed by atoms with Crippen molar-refractivity contribution in [2.75, 3.05) is 32.8 Å². The molecule has 0 bridgehead atoms. The Labute approximate surface area is 114 Å². The summed E-state index contributed by atoms with van der Waals surface area (Å²) in [6.45, 7) is 9.05. The largest absolute Gasteiger partial charge is 0.392 e. The van der Waals surface area contributed by atoms with Crippen LogP contribution >= 0.6 is 12.2 Å². The predicted octanol–water partition coefficient (Wildman–Crippen LogP) is 0.230. The Morgan fingerprint density at radius 2 is 1.94 bits per heavy atom. The van der Waals surface area contributed by atoms with E-state index in [-0.39, 0.29) is 18.0 Å². The zero-order valence-electron chi connectivity index (χ0n) is 11.4. The lowest BCUT2D eigenvalue weighted by atomic mass is 10.2. The maximum absolute atomic E-state index is 12.4. The van der Waals surface area contributed by atoms with Crippen LogP contribution in [-0.2, 0) is 9.53 Å². The zero-order valence-corrected chi connectivity index (χ0v) is 12.2. The summed E-state index contributed by atoms with van der Waals surface area (Å²) in [5.41, 5.74) is 5.59. The minimum Gasteiger partial charge on any atom is -0.392 e. The molecule has 5 nitrogen and oxygen atoms in total. The Kier molecular flexibility index (Phi) is 5.98. The fourth-order valence-corrected chi connectivity index (χ4v) is 2.29. The molecule has 6 heteroatoms. The second-order valence-corrected chi connectivity index (χ2v) is 5.37. The van der Waals surface area contributed by atoms with E-state index in [4.69, 9.17) is 22.7 Å². The molecule has 0 aromatic rings. The highest BCUT2D eigenvalue weighted by Gasteiger charge is 2.28. The molecule has 0 spiro atoms. The van der Waals surface area contributed by atoms with Crippen LogP contribution in [0.15, 0.2) is 0 Å². The van der Waals surface area contributed by atoms with Gasteiger partial charge in [-0.05, 0) is 20.8 Å². The molecule has 1 unspecified atom stereocenters. The second kappa shape index (κ2) is 7.01. The third kappa shape index (κ3) is 4.19. The summed E-state index contributed by atoms with van der Waals surface area (Å²) >= 11 is 4.94. The highest BCUT2D eigenvalue weighted by molar-refractivity contribution is 7.80. The minimum absolute atomic E-state index is 0.128. The zero-order chi connectivity index (χ0) is 13.7. The van der Waals surface area contributed by atoms with Gasteiger partial charge in [0.25, 0.3) is 0 Å². The number of thiocarbonyl (C=S) groups is 1. The van der Waals surface area contributed by atoms with Crippen molar-refractivity contribution in [2.24, 2.45) is 5.73 Å². The maximum Gasteiger partial charge on any atom is 0.239 e. The molecule has 18 heavy (non-hydrogen) atoms. The van der Waals surface area contributed by atoms with E-state index in [1.807, 2.05) is 30.6 Å². The second-order valence-electron chi connectivity index (χ2n) is 4.85. The van der Waals surface area contributed by atoms with Crippen molar-refractivity contribution >= 4 is 23.1 Å². The molecule has 1 rings (SSSR count). The number of hydrogen-bond donors (Lipinski definition) is 1. The first kappa shape index (κ1) is 15.3. The fourth-order valence-electron chi connectivity index (χ4n) is 2.14. The van der Waals surface area contributed by atoms with Crippen molar-refractivity contribution in [1.29, 1.82) is 0 Å². The molecule has 0 saturated carbocycles. The number of carbonyl (C=O) groups is 1. The Bertz CT molecular complexity index is 304. The molecule has 0 aromatic heterocycles. The lowest BCUT2D eigenvalue weighted by Gasteiger charge is -2.36. The van der Waals surface area contributed by atoms with E-state index in [9.17, 15) is 4.79 Å². The van der Waals surface area contributed by atoms with E-state index in [1.54, 1.807) is 0 Å². The van der Waals surface area contributed by atoms with Gasteiger partial charge in [-0.1, -0.05) is 12.2 Å². The van der Waals surface area contributed by atoms with Crippen LogP contribution in [0.25, 0.3) is 0 Å². The summed E-state index contributed by atoms with van der Waals surface area (Å²) in [4.78, 5) is 16.7. The van der Waals surface area contributed by atoms with Gasteiger partial charge in [-0.2, -0.15) is 0 Å². The van der Waals surface area contributed by atoms with Crippen LogP contribution in [0.4, 0.5) is 0 Å². The topological polar surface area (TPSA) is 58.8 Å². The van der Waals surface area contributed by atoms with Gasteiger partial charge in [0.2, 0.25) is 5.91 Å². The molecular weight excluding hydrogens is 250 g/mol. The smallest absolute Gasteiger partial charge is 0.239 e. The molecule has 0 radical (unpaired) electrons. The van der Waals surface area contributed by atoms with Gasteiger partial charge in [0.15, 0.2) is 0 Å². The lowest BCUT2D eigenvalue weighted by Crippen LogP contribution is -2.53. The van der Waals surface area contributed by atoms with Gasteiger partial charge < -0.3 is 15.4 Å². The Morgan fingerprint density at radius 1 is 1.39 bits per heavy atom. The van der Waals surface area contributed by atoms with E-state index in [0.29, 0.717) is 37.8 Å². The van der Waals surface area contributed by atoms with Crippen LogP contribution in [0.1, 0.15) is 20.8 Å². The van der Waals surface area contributed by atoms with Gasteiger partial charge in [0.05, 0.1) is 24.2 Å². The highest BCUT2D eigenvalue weighted by Crippen LogP contribution is 2.10. The Balaban J connectivity index is 2.65. The molecule has 2 N–H and O–H groups in total. The third-order valence-electron chi connectivity index (χ3n) is 3.18. The van der Waals surface area contributed by atoms with Crippen molar-refractivity contribution < 1.29 is 9.53 Å². The SMILES string of the molecule is CC(C)N(CC(N)=S)C(C)C(=O)N1CCOCC1. The number of ether oxygens (including phenoxy) is 1. The van der Waals surface area contributed by atoms with Crippen molar-refractivity contribution in [3.63, 3.8) is 0 Å². The van der Waals surface area contributed by atoms with E-state index in [0.717, 1.165) is 0 Å². The van der Waals surface area contributed by atoms with Gasteiger partial charge >= 0.3 is 0 Å². The summed E-state index contributed by atoms with van der Waals surface area (Å²) in [5.74, 6) is 0.128. The molecule has 1 atom stereocenters. The number of nitrogens with two attached hydrogens (primary N) is 1. The molecule has 1 fully saturated rings. The van der Waals surface area contributed by atoms with E-state index in [1.165, 1.54) is 0 Å². The summed E-state index contributed by atoms with van der Waals surface area (Å²) in [6.07, 6.45) is 0. The first-order valence-corrected chi connectivity index (χ1v) is 6.75. The van der Waals surface area contributed by atoms with Crippen LogP contribution in [0, 0.1) is 0 Å². The first-order valence-electron chi connectivity index (χ1n) is 6.34. The average Bonchev–Trinajstić information content (AvgIpc) is 2.34. The average molecular weight is 273 g/mol. The summed E-state index contributed by atoms with van der Waals surface area (Å²) in [6, 6.07) is 0.0242. The van der Waals surface area contributed by atoms with Crippen LogP contribution < -0.4 is 5.73 Å². The number of amides is 1. The maximum atomic E-state index is 12.4. The first-order chi connectivity index (χ1) is 8.43. The fraction of sp³-hybridized carbons (Fsp3) is 0.833. The number of hydrogen-bond acceptors (Lipinski definition) is 4. The number of rotatable bonds is 5. The Hall–Kier alpha value is -0.720. The molecule has 0 aliphatic carbocycles. The molecule has 0 aromatic carbocycles. The quantitative estimate of drug-likeness (QED) is 0.727. The van der Waals surface area contributed by atoms with Crippen LogP contribution in [0.2, 0.25) is 0 Å². The van der Waals surface area contributed by atoms with Crippen molar-refractivity contribution in [3.05, 3.63) is 0 Å². The van der Waals surface area contributed by atoms with Gasteiger partial charge in [0.1, 0.15) is 0 Å². The predicted molar refractivity (Wildman–Crippen MR) is 75.5 cm³/mol. The van der Waals surface area contributed by atoms with Gasteiger partial charge in [0, 0.05) is 25.7 Å². The monoisotopic (exact) mass is 273 g/mol. The standard InChI is InChI=1S/C12H23N3O2S/c1-9(2)15(8-11(13)18)10(3)12(16)14-4-6-17-7-5-14/h9-10H,4-8H2,1-3H3,(H2,13,18). The van der Waals surface area contributed by atoms with Crippen LogP contribution in [-0.4, -0.2) is 65.6 Å².